The maximum atomic E-state index is 12.6. The van der Waals surface area contributed by atoms with E-state index >= 15 is 0 Å². The van der Waals surface area contributed by atoms with Crippen molar-refractivity contribution >= 4 is 34.2 Å². The summed E-state index contributed by atoms with van der Waals surface area (Å²) in [7, 11) is 0. The van der Waals surface area contributed by atoms with E-state index in [1.165, 1.54) is 35.6 Å². The van der Waals surface area contributed by atoms with Gasteiger partial charge in [-0.05, 0) is 69.4 Å². The van der Waals surface area contributed by atoms with E-state index in [4.69, 9.17) is 9.47 Å². The van der Waals surface area contributed by atoms with Crippen LogP contribution in [0.3, 0.4) is 0 Å². The number of carbonyl (C=O) groups excluding carboxylic acids is 3. The van der Waals surface area contributed by atoms with Gasteiger partial charge in [0.25, 0.3) is 5.91 Å². The van der Waals surface area contributed by atoms with Crippen molar-refractivity contribution in [1.82, 2.24) is 0 Å². The molecule has 0 fully saturated rings. The Balaban J connectivity index is 1.69. The molecule has 2 N–H and O–H groups in total. The lowest BCUT2D eigenvalue weighted by molar-refractivity contribution is -0.119. The second-order valence-corrected chi connectivity index (χ2v) is 8.15. The predicted octanol–water partition coefficient (Wildman–Crippen LogP) is 3.69. The zero-order valence-electron chi connectivity index (χ0n) is 16.3. The highest BCUT2D eigenvalue weighted by Gasteiger charge is 2.28. The van der Waals surface area contributed by atoms with Gasteiger partial charge in [-0.25, -0.2) is 9.59 Å². The molecule has 1 amide bonds. The highest BCUT2D eigenvalue weighted by Crippen LogP contribution is 2.38. The number of hydrogen-bond donors (Lipinski definition) is 2. The average molecular weight is 417 g/mol. The molecule has 0 bridgehead atoms. The molecule has 0 atom stereocenters. The minimum Gasteiger partial charge on any atom is -0.508 e. The van der Waals surface area contributed by atoms with E-state index in [0.29, 0.717) is 10.6 Å². The Bertz CT molecular complexity index is 916. The monoisotopic (exact) mass is 417 g/mol. The van der Waals surface area contributed by atoms with Crippen molar-refractivity contribution in [1.29, 1.82) is 0 Å². The molecule has 0 radical (unpaired) electrons. The number of ether oxygens (including phenoxy) is 2. The van der Waals surface area contributed by atoms with Crippen LogP contribution in [0.5, 0.6) is 5.75 Å². The maximum Gasteiger partial charge on any atom is 0.341 e. The van der Waals surface area contributed by atoms with Gasteiger partial charge in [0, 0.05) is 4.88 Å². The molecule has 1 aliphatic rings. The van der Waals surface area contributed by atoms with E-state index < -0.39 is 24.5 Å². The van der Waals surface area contributed by atoms with Gasteiger partial charge in [0.15, 0.2) is 6.61 Å². The summed E-state index contributed by atoms with van der Waals surface area (Å²) in [6.45, 7) is 3.07. The van der Waals surface area contributed by atoms with E-state index in [0.717, 1.165) is 36.1 Å². The number of fused-ring (bicyclic) bond motifs is 1. The molecule has 0 saturated heterocycles. The van der Waals surface area contributed by atoms with Crippen LogP contribution in [0, 0.1) is 0 Å². The lowest BCUT2D eigenvalue weighted by Crippen LogP contribution is -2.22. The standard InChI is InChI=1S/C21H23NO6S/c1-12(2)28-21(26)18-15-5-3-4-6-16(15)29-19(18)22-17(24)11-27-20(25)13-7-9-14(23)10-8-13/h7-10,12,23H,3-6,11H2,1-2H3,(H,22,24). The van der Waals surface area contributed by atoms with Crippen LogP contribution in [0.2, 0.25) is 0 Å². The van der Waals surface area contributed by atoms with Gasteiger partial charge in [-0.1, -0.05) is 0 Å². The number of carbonyl (C=O) groups is 3. The number of benzene rings is 1. The number of aromatic hydroxyl groups is 1. The van der Waals surface area contributed by atoms with Crippen molar-refractivity contribution in [2.24, 2.45) is 0 Å². The van der Waals surface area contributed by atoms with E-state index in [9.17, 15) is 19.5 Å². The smallest absolute Gasteiger partial charge is 0.341 e. The van der Waals surface area contributed by atoms with Crippen LogP contribution in [-0.2, 0) is 27.1 Å². The molecule has 29 heavy (non-hydrogen) atoms. The average Bonchev–Trinajstić information content (AvgIpc) is 3.04. The molecule has 1 aliphatic carbocycles. The SMILES string of the molecule is CC(C)OC(=O)c1c(NC(=O)COC(=O)c2ccc(O)cc2)sc2c1CCCC2. The summed E-state index contributed by atoms with van der Waals surface area (Å²) in [4.78, 5) is 38.0. The number of hydrogen-bond acceptors (Lipinski definition) is 7. The normalized spacial score (nSPS) is 12.9. The Morgan fingerprint density at radius 3 is 2.48 bits per heavy atom. The Morgan fingerprint density at radius 1 is 1.10 bits per heavy atom. The van der Waals surface area contributed by atoms with E-state index in [1.807, 2.05) is 0 Å². The number of aryl methyl sites for hydroxylation is 1. The third-order valence-corrected chi connectivity index (χ3v) is 5.62. The number of rotatable bonds is 6. The maximum absolute atomic E-state index is 12.6. The van der Waals surface area contributed by atoms with Gasteiger partial charge in [-0.15, -0.1) is 11.3 Å². The van der Waals surface area contributed by atoms with Crippen LogP contribution < -0.4 is 5.32 Å². The summed E-state index contributed by atoms with van der Waals surface area (Å²) < 4.78 is 10.4. The Hall–Kier alpha value is -2.87. The summed E-state index contributed by atoms with van der Waals surface area (Å²) in [5, 5.41) is 12.4. The molecule has 3 rings (SSSR count). The lowest BCUT2D eigenvalue weighted by atomic mass is 9.95. The molecular formula is C21H23NO6S. The molecule has 0 unspecified atom stereocenters. The lowest BCUT2D eigenvalue weighted by Gasteiger charge is -2.14. The van der Waals surface area contributed by atoms with E-state index in [2.05, 4.69) is 5.32 Å². The highest BCUT2D eigenvalue weighted by atomic mass is 32.1. The fraction of sp³-hybridized carbons (Fsp3) is 0.381. The summed E-state index contributed by atoms with van der Waals surface area (Å²) in [6, 6.07) is 5.53. The van der Waals surface area contributed by atoms with Gasteiger partial charge in [-0.3, -0.25) is 4.79 Å². The van der Waals surface area contributed by atoms with Crippen molar-refractivity contribution in [3.8, 4) is 5.75 Å². The number of thiophene rings is 1. The minimum atomic E-state index is -0.676. The molecule has 2 aromatic rings. The van der Waals surface area contributed by atoms with Crippen molar-refractivity contribution in [2.45, 2.75) is 45.6 Å². The number of nitrogens with one attached hydrogen (secondary N) is 1. The zero-order valence-corrected chi connectivity index (χ0v) is 17.1. The third kappa shape index (κ3) is 5.14. The number of esters is 2. The van der Waals surface area contributed by atoms with E-state index in [-0.39, 0.29) is 17.4 Å². The van der Waals surface area contributed by atoms with Crippen LogP contribution >= 0.6 is 11.3 Å². The fourth-order valence-corrected chi connectivity index (χ4v) is 4.41. The summed E-state index contributed by atoms with van der Waals surface area (Å²) in [5.41, 5.74) is 1.59. The highest BCUT2D eigenvalue weighted by molar-refractivity contribution is 7.17. The largest absolute Gasteiger partial charge is 0.508 e. The molecule has 0 spiro atoms. The first-order chi connectivity index (χ1) is 13.8. The zero-order chi connectivity index (χ0) is 21.0. The Labute approximate surface area is 172 Å². The molecule has 1 heterocycles. The van der Waals surface area contributed by atoms with Crippen LogP contribution in [0.25, 0.3) is 0 Å². The van der Waals surface area contributed by atoms with Crippen LogP contribution in [0.15, 0.2) is 24.3 Å². The topological polar surface area (TPSA) is 102 Å². The number of phenolic OH excluding ortho intramolecular Hbond substituents is 1. The van der Waals surface area contributed by atoms with Gasteiger partial charge in [-0.2, -0.15) is 0 Å². The van der Waals surface area contributed by atoms with Crippen molar-refractivity contribution < 1.29 is 29.0 Å². The van der Waals surface area contributed by atoms with Gasteiger partial charge in [0.1, 0.15) is 10.8 Å². The van der Waals surface area contributed by atoms with Crippen molar-refractivity contribution in [3.63, 3.8) is 0 Å². The fourth-order valence-electron chi connectivity index (χ4n) is 3.12. The first-order valence-corrected chi connectivity index (χ1v) is 10.3. The molecule has 1 aromatic heterocycles. The van der Waals surface area contributed by atoms with Crippen molar-refractivity contribution in [3.05, 3.63) is 45.8 Å². The Morgan fingerprint density at radius 2 is 1.79 bits per heavy atom. The van der Waals surface area contributed by atoms with Gasteiger partial charge in [0.2, 0.25) is 0 Å². The van der Waals surface area contributed by atoms with Gasteiger partial charge >= 0.3 is 11.9 Å². The van der Waals surface area contributed by atoms with Crippen LogP contribution in [0.4, 0.5) is 5.00 Å². The first-order valence-electron chi connectivity index (χ1n) is 9.46. The third-order valence-electron chi connectivity index (χ3n) is 4.41. The molecule has 0 aliphatic heterocycles. The molecule has 154 valence electrons. The summed E-state index contributed by atoms with van der Waals surface area (Å²) in [6.07, 6.45) is 3.41. The molecule has 7 nitrogen and oxygen atoms in total. The molecule has 8 heteroatoms. The minimum absolute atomic E-state index is 0.0294. The number of anilines is 1. The quantitative estimate of drug-likeness (QED) is 0.695. The van der Waals surface area contributed by atoms with Crippen LogP contribution in [-0.4, -0.2) is 35.7 Å². The molecule has 1 aromatic carbocycles. The second kappa shape index (κ2) is 9.09. The molecular weight excluding hydrogens is 394 g/mol. The van der Waals surface area contributed by atoms with Gasteiger partial charge in [0.05, 0.1) is 17.2 Å². The van der Waals surface area contributed by atoms with Gasteiger partial charge < -0.3 is 19.9 Å². The predicted molar refractivity (Wildman–Crippen MR) is 109 cm³/mol. The Kier molecular flexibility index (Phi) is 6.53. The second-order valence-electron chi connectivity index (χ2n) is 7.04. The molecule has 0 saturated carbocycles. The summed E-state index contributed by atoms with van der Waals surface area (Å²) >= 11 is 1.38. The van der Waals surface area contributed by atoms with Crippen LogP contribution in [0.1, 0.15) is 57.8 Å². The van der Waals surface area contributed by atoms with E-state index in [1.54, 1.807) is 13.8 Å². The number of phenols is 1. The number of amides is 1. The van der Waals surface area contributed by atoms with Crippen molar-refractivity contribution in [2.75, 3.05) is 11.9 Å². The first kappa shape index (κ1) is 20.9. The summed E-state index contributed by atoms with van der Waals surface area (Å²) in [5.74, 6) is -1.63.